The predicted octanol–water partition coefficient (Wildman–Crippen LogP) is 8.57. The first kappa shape index (κ1) is 40.0. The van der Waals surface area contributed by atoms with E-state index in [2.05, 4.69) is 26.3 Å². The van der Waals surface area contributed by atoms with Gasteiger partial charge in [-0.1, -0.05) is 74.5 Å². The van der Waals surface area contributed by atoms with Crippen molar-refractivity contribution in [1.29, 1.82) is 0 Å². The van der Waals surface area contributed by atoms with Crippen LogP contribution in [0.25, 0.3) is 0 Å². The molecule has 0 spiro atoms. The SMILES string of the molecule is COc1ccc(C23C(=O)N(Nc4ccc(Cl)cc4Cl)C(=O)C2CC2C(=CCC4C(=O)N(N(C)c5nc(C(F)(F)F)ccc5Cl)C(=O)C42)C3c2cc(Br)ccc2O)cc1. The fourth-order valence-electron chi connectivity index (χ4n) is 9.13. The van der Waals surface area contributed by atoms with E-state index >= 15 is 4.79 Å². The van der Waals surface area contributed by atoms with Gasteiger partial charge in [0.2, 0.25) is 0 Å². The molecule has 2 aliphatic carbocycles. The molecule has 58 heavy (non-hydrogen) atoms. The Morgan fingerprint density at radius 3 is 2.33 bits per heavy atom. The number of pyridine rings is 1. The Hall–Kier alpha value is -4.83. The third kappa shape index (κ3) is 6.11. The molecule has 2 aliphatic heterocycles. The van der Waals surface area contributed by atoms with Crippen molar-refractivity contribution < 1.29 is 42.2 Å². The molecule has 6 atom stereocenters. The van der Waals surface area contributed by atoms with Crippen LogP contribution in [0.2, 0.25) is 15.1 Å². The van der Waals surface area contributed by atoms with Crippen LogP contribution in [-0.2, 0) is 30.8 Å². The number of ether oxygens (including phenoxy) is 1. The van der Waals surface area contributed by atoms with Gasteiger partial charge in [0, 0.05) is 28.0 Å². The van der Waals surface area contributed by atoms with Crippen LogP contribution in [0.5, 0.6) is 11.5 Å². The van der Waals surface area contributed by atoms with Gasteiger partial charge in [0.1, 0.15) is 17.2 Å². The highest BCUT2D eigenvalue weighted by molar-refractivity contribution is 9.10. The van der Waals surface area contributed by atoms with Crippen LogP contribution < -0.4 is 15.2 Å². The summed E-state index contributed by atoms with van der Waals surface area (Å²) in [6.45, 7) is 0. The lowest BCUT2D eigenvalue weighted by atomic mass is 9.49. The number of alkyl halides is 3. The molecule has 4 amide bonds. The predicted molar refractivity (Wildman–Crippen MR) is 211 cm³/mol. The maximum absolute atomic E-state index is 15.4. The molecule has 11 nitrogen and oxygen atoms in total. The number of allylic oxidation sites excluding steroid dienone is 2. The number of carbonyl (C=O) groups excluding carboxylic acids is 4. The monoisotopic (exact) mass is 917 g/mol. The van der Waals surface area contributed by atoms with Crippen LogP contribution in [0.4, 0.5) is 24.7 Å². The number of phenolic OH excluding ortho intramolecular Hbond substituents is 1. The van der Waals surface area contributed by atoms with E-state index in [0.717, 1.165) is 21.1 Å². The maximum atomic E-state index is 15.4. The van der Waals surface area contributed by atoms with Crippen molar-refractivity contribution in [2.75, 3.05) is 24.6 Å². The van der Waals surface area contributed by atoms with Gasteiger partial charge in [-0.3, -0.25) is 29.6 Å². The van der Waals surface area contributed by atoms with E-state index in [1.54, 1.807) is 42.5 Å². The highest BCUT2D eigenvalue weighted by Gasteiger charge is 2.71. The third-order valence-corrected chi connectivity index (χ3v) is 12.9. The summed E-state index contributed by atoms with van der Waals surface area (Å²) in [6.07, 6.45) is -3.19. The first-order valence-electron chi connectivity index (χ1n) is 17.8. The molecule has 1 saturated carbocycles. The zero-order valence-corrected chi connectivity index (χ0v) is 34.1. The Morgan fingerprint density at radius 1 is 0.931 bits per heavy atom. The van der Waals surface area contributed by atoms with Crippen LogP contribution in [-0.4, -0.2) is 57.9 Å². The van der Waals surface area contributed by atoms with Gasteiger partial charge in [-0.15, -0.1) is 0 Å². The summed E-state index contributed by atoms with van der Waals surface area (Å²) in [5.74, 6) is -8.28. The van der Waals surface area contributed by atoms with Crippen molar-refractivity contribution in [2.24, 2.45) is 23.7 Å². The lowest BCUT2D eigenvalue weighted by molar-refractivity contribution is -0.142. The number of fused-ring (bicyclic) bond motifs is 4. The van der Waals surface area contributed by atoms with E-state index in [-0.39, 0.29) is 39.9 Å². The van der Waals surface area contributed by atoms with E-state index in [1.807, 2.05) is 0 Å². The Morgan fingerprint density at radius 2 is 1.66 bits per heavy atom. The van der Waals surface area contributed by atoms with Crippen molar-refractivity contribution in [1.82, 2.24) is 15.0 Å². The topological polar surface area (TPSA) is 132 Å². The summed E-state index contributed by atoms with van der Waals surface area (Å²) in [4.78, 5) is 62.9. The number of amides is 4. The van der Waals surface area contributed by atoms with Crippen LogP contribution in [0.1, 0.15) is 35.6 Å². The molecule has 3 heterocycles. The lowest BCUT2D eigenvalue weighted by Crippen LogP contribution is -2.53. The number of aromatic hydroxyl groups is 1. The minimum absolute atomic E-state index is 0.00568. The number of nitrogens with zero attached hydrogens (tertiary/aromatic N) is 4. The number of hydrogen-bond donors (Lipinski definition) is 2. The van der Waals surface area contributed by atoms with Gasteiger partial charge < -0.3 is 9.84 Å². The molecule has 2 saturated heterocycles. The Bertz CT molecular complexity index is 2460. The largest absolute Gasteiger partial charge is 0.508 e. The molecule has 4 aliphatic rings. The van der Waals surface area contributed by atoms with Gasteiger partial charge >= 0.3 is 6.18 Å². The van der Waals surface area contributed by atoms with E-state index < -0.39 is 76.3 Å². The number of imide groups is 2. The summed E-state index contributed by atoms with van der Waals surface area (Å²) in [7, 11) is 2.70. The second kappa shape index (κ2) is 14.5. The number of carbonyl (C=O) groups is 4. The quantitative estimate of drug-likeness (QED) is 0.138. The van der Waals surface area contributed by atoms with E-state index in [9.17, 15) is 32.7 Å². The molecule has 8 rings (SSSR count). The number of anilines is 2. The normalized spacial score (nSPS) is 25.3. The molecule has 6 unspecified atom stereocenters. The molecule has 0 bridgehead atoms. The standard InChI is InChI=1S/C40H30BrCl3F3N5O6/c1-50(34-27(43)11-14-31(48-34)40(45,46)47)52-35(54)23-10-9-22-24(32(23)37(52)56)17-26-36(55)51(49-29-12-6-20(42)16-28(29)44)38(57)39(26,18-3-7-21(58-2)8-4-18)33(22)25-15-19(41)5-13-30(25)53/h3-9,11-16,23-24,26,32-33,49,53H,10,17H2,1-2H3. The number of nitrogens with one attached hydrogen (secondary N) is 1. The lowest BCUT2D eigenvalue weighted by Gasteiger charge is -2.50. The van der Waals surface area contributed by atoms with E-state index in [4.69, 9.17) is 39.5 Å². The van der Waals surface area contributed by atoms with Gasteiger partial charge in [-0.25, -0.2) is 4.98 Å². The third-order valence-electron chi connectivity index (χ3n) is 11.6. The van der Waals surface area contributed by atoms with Gasteiger partial charge in [0.15, 0.2) is 5.82 Å². The Labute approximate surface area is 352 Å². The number of aromatic nitrogens is 1. The molecular weight excluding hydrogens is 890 g/mol. The average Bonchev–Trinajstić information content (AvgIpc) is 3.56. The van der Waals surface area contributed by atoms with Crippen LogP contribution >= 0.6 is 50.7 Å². The summed E-state index contributed by atoms with van der Waals surface area (Å²) in [5.41, 5.74) is 1.28. The number of benzene rings is 3. The van der Waals surface area contributed by atoms with Crippen LogP contribution in [0.15, 0.2) is 88.9 Å². The summed E-state index contributed by atoms with van der Waals surface area (Å²) in [5, 5.41) is 14.4. The number of methoxy groups -OCH3 is 1. The van der Waals surface area contributed by atoms with Crippen molar-refractivity contribution in [3.63, 3.8) is 0 Å². The fraction of sp³-hybridized carbons (Fsp3) is 0.275. The van der Waals surface area contributed by atoms with Crippen molar-refractivity contribution in [3.8, 4) is 11.5 Å². The molecule has 2 N–H and O–H groups in total. The first-order valence-corrected chi connectivity index (χ1v) is 19.7. The van der Waals surface area contributed by atoms with Gasteiger partial charge in [0.25, 0.3) is 23.6 Å². The number of hydrogen-bond acceptors (Lipinski definition) is 9. The van der Waals surface area contributed by atoms with Crippen molar-refractivity contribution in [2.45, 2.75) is 30.4 Å². The van der Waals surface area contributed by atoms with E-state index in [1.165, 1.54) is 38.4 Å². The van der Waals surface area contributed by atoms with Crippen LogP contribution in [0, 0.1) is 23.7 Å². The summed E-state index contributed by atoms with van der Waals surface area (Å²) >= 11 is 22.5. The smallest absolute Gasteiger partial charge is 0.433 e. The second-order valence-corrected chi connectivity index (χ2v) is 16.6. The highest BCUT2D eigenvalue weighted by Crippen LogP contribution is 2.65. The minimum atomic E-state index is -4.84. The fourth-order valence-corrected chi connectivity index (χ4v) is 10.2. The number of hydrazine groups is 2. The van der Waals surface area contributed by atoms with Gasteiger partial charge in [-0.05, 0) is 85.0 Å². The zero-order chi connectivity index (χ0) is 41.6. The number of rotatable bonds is 7. The molecule has 3 aromatic carbocycles. The summed E-state index contributed by atoms with van der Waals surface area (Å²) in [6, 6.07) is 17.5. The molecule has 300 valence electrons. The van der Waals surface area contributed by atoms with Gasteiger partial charge in [-0.2, -0.15) is 23.2 Å². The molecule has 1 aromatic heterocycles. The van der Waals surface area contributed by atoms with Crippen molar-refractivity contribution >= 4 is 85.9 Å². The number of phenols is 1. The second-order valence-electron chi connectivity index (χ2n) is 14.4. The number of halogens is 7. The Kier molecular flexibility index (Phi) is 9.97. The summed E-state index contributed by atoms with van der Waals surface area (Å²) < 4.78 is 47.1. The first-order chi connectivity index (χ1) is 27.5. The molecule has 18 heteroatoms. The van der Waals surface area contributed by atoms with E-state index in [0.29, 0.717) is 32.4 Å². The average molecular weight is 920 g/mol. The van der Waals surface area contributed by atoms with Crippen molar-refractivity contribution in [3.05, 3.63) is 121 Å². The highest BCUT2D eigenvalue weighted by atomic mass is 79.9. The Balaban J connectivity index is 1.30. The van der Waals surface area contributed by atoms with Gasteiger partial charge in [0.05, 0.1) is 46.0 Å². The van der Waals surface area contributed by atoms with Crippen LogP contribution in [0.3, 0.4) is 0 Å². The molecular formula is C40H30BrCl3F3N5O6. The minimum Gasteiger partial charge on any atom is -0.508 e. The molecule has 3 fully saturated rings. The molecule has 0 radical (unpaired) electrons. The molecule has 4 aromatic rings. The maximum Gasteiger partial charge on any atom is 0.433 e. The zero-order valence-electron chi connectivity index (χ0n) is 30.2.